The van der Waals surface area contributed by atoms with Gasteiger partial charge >= 0.3 is 0 Å². The zero-order valence-corrected chi connectivity index (χ0v) is 13.5. The third kappa shape index (κ3) is 2.18. The van der Waals surface area contributed by atoms with Gasteiger partial charge in [0.1, 0.15) is 0 Å². The highest BCUT2D eigenvalue weighted by Gasteiger charge is 2.58. The second-order valence-electron chi connectivity index (χ2n) is 8.18. The zero-order chi connectivity index (χ0) is 14.5. The van der Waals surface area contributed by atoms with E-state index in [-0.39, 0.29) is 17.2 Å². The van der Waals surface area contributed by atoms with Gasteiger partial charge in [0.05, 0.1) is 11.7 Å². The fourth-order valence-corrected chi connectivity index (χ4v) is 4.41. The molecular formula is C17H30N2O. The Bertz CT molecular complexity index is 392. The van der Waals surface area contributed by atoms with Crippen LogP contribution in [0.15, 0.2) is 0 Å². The predicted molar refractivity (Wildman–Crippen MR) is 81.2 cm³/mol. The van der Waals surface area contributed by atoms with Crippen molar-refractivity contribution < 1.29 is 4.79 Å². The highest BCUT2D eigenvalue weighted by molar-refractivity contribution is 5.90. The fraction of sp³-hybridized carbons (Fsp3) is 0.941. The molecular weight excluding hydrogens is 248 g/mol. The summed E-state index contributed by atoms with van der Waals surface area (Å²) in [6, 6.07) is 0. The molecule has 0 bridgehead atoms. The minimum atomic E-state index is -0.217. The topological polar surface area (TPSA) is 32.3 Å². The molecule has 114 valence electrons. The Morgan fingerprint density at radius 1 is 1.30 bits per heavy atom. The van der Waals surface area contributed by atoms with Gasteiger partial charge in [0, 0.05) is 5.54 Å². The Hall–Kier alpha value is -0.570. The van der Waals surface area contributed by atoms with E-state index in [0.29, 0.717) is 17.7 Å². The largest absolute Gasteiger partial charge is 0.320 e. The Labute approximate surface area is 123 Å². The molecule has 2 aliphatic carbocycles. The van der Waals surface area contributed by atoms with Gasteiger partial charge in [0.15, 0.2) is 0 Å². The molecule has 1 saturated heterocycles. The van der Waals surface area contributed by atoms with Gasteiger partial charge in [-0.1, -0.05) is 26.7 Å². The summed E-state index contributed by atoms with van der Waals surface area (Å²) in [7, 11) is 0. The molecule has 1 spiro atoms. The molecule has 1 atom stereocenters. The fourth-order valence-electron chi connectivity index (χ4n) is 4.41. The number of hydrogen-bond acceptors (Lipinski definition) is 2. The lowest BCUT2D eigenvalue weighted by Gasteiger charge is -2.40. The molecule has 1 unspecified atom stereocenters. The van der Waals surface area contributed by atoms with Gasteiger partial charge in [-0.05, 0) is 57.8 Å². The van der Waals surface area contributed by atoms with Crippen molar-refractivity contribution in [3.63, 3.8) is 0 Å². The molecule has 3 heteroatoms. The minimum absolute atomic E-state index is 0.0235. The molecule has 1 aliphatic heterocycles. The van der Waals surface area contributed by atoms with E-state index in [1.807, 2.05) is 0 Å². The summed E-state index contributed by atoms with van der Waals surface area (Å²) in [6.07, 6.45) is 8.38. The van der Waals surface area contributed by atoms with Crippen LogP contribution in [-0.2, 0) is 4.79 Å². The van der Waals surface area contributed by atoms with E-state index >= 15 is 0 Å². The number of rotatable bonds is 4. The molecule has 0 aromatic rings. The normalized spacial score (nSPS) is 29.9. The summed E-state index contributed by atoms with van der Waals surface area (Å²) in [4.78, 5) is 15.4. The quantitative estimate of drug-likeness (QED) is 0.856. The molecule has 3 nitrogen and oxygen atoms in total. The maximum Gasteiger partial charge on any atom is 0.244 e. The van der Waals surface area contributed by atoms with Crippen molar-refractivity contribution in [2.75, 3.05) is 0 Å². The van der Waals surface area contributed by atoms with Crippen LogP contribution >= 0.6 is 0 Å². The number of nitrogens with zero attached hydrogens (tertiary/aromatic N) is 1. The molecule has 0 aromatic heterocycles. The van der Waals surface area contributed by atoms with Gasteiger partial charge in [0.2, 0.25) is 5.91 Å². The first-order chi connectivity index (χ1) is 9.37. The second kappa shape index (κ2) is 4.72. The van der Waals surface area contributed by atoms with Crippen LogP contribution in [0.25, 0.3) is 0 Å². The lowest BCUT2D eigenvalue weighted by molar-refractivity contribution is -0.139. The van der Waals surface area contributed by atoms with Crippen molar-refractivity contribution in [2.24, 2.45) is 11.8 Å². The van der Waals surface area contributed by atoms with Gasteiger partial charge in [-0.2, -0.15) is 0 Å². The van der Waals surface area contributed by atoms with E-state index in [1.54, 1.807) is 0 Å². The van der Waals surface area contributed by atoms with Gasteiger partial charge < -0.3 is 4.90 Å². The smallest absolute Gasteiger partial charge is 0.244 e. The van der Waals surface area contributed by atoms with Gasteiger partial charge in [-0.15, -0.1) is 0 Å². The molecule has 1 N–H and O–H groups in total. The van der Waals surface area contributed by atoms with Crippen LogP contribution in [0.4, 0.5) is 0 Å². The first-order valence-corrected chi connectivity index (χ1v) is 8.48. The monoisotopic (exact) mass is 278 g/mol. The van der Waals surface area contributed by atoms with Crippen LogP contribution in [-0.4, -0.2) is 28.1 Å². The van der Waals surface area contributed by atoms with Crippen LogP contribution in [0.5, 0.6) is 0 Å². The number of hydrogen-bond donors (Lipinski definition) is 1. The number of amides is 1. The standard InChI is InChI=1S/C17H30N2O/c1-12(2)11-14-18-17(9-5-6-10-17)15(20)19(14)16(3,4)13-7-8-13/h12-14,18H,5-11H2,1-4H3. The van der Waals surface area contributed by atoms with Gasteiger partial charge in [0.25, 0.3) is 0 Å². The van der Waals surface area contributed by atoms with E-state index < -0.39 is 0 Å². The molecule has 0 radical (unpaired) electrons. The first-order valence-electron chi connectivity index (χ1n) is 8.48. The van der Waals surface area contributed by atoms with Crippen molar-refractivity contribution in [1.82, 2.24) is 10.2 Å². The molecule has 3 rings (SSSR count). The average Bonchev–Trinajstić information content (AvgIpc) is 3.05. The Morgan fingerprint density at radius 2 is 1.90 bits per heavy atom. The summed E-state index contributed by atoms with van der Waals surface area (Å²) in [5, 5.41) is 3.76. The number of carbonyl (C=O) groups is 1. The molecule has 20 heavy (non-hydrogen) atoms. The van der Waals surface area contributed by atoms with Crippen LogP contribution in [0.1, 0.15) is 72.6 Å². The highest BCUT2D eigenvalue weighted by Crippen LogP contribution is 2.48. The third-order valence-corrected chi connectivity index (χ3v) is 5.73. The molecule has 3 aliphatic rings. The van der Waals surface area contributed by atoms with E-state index in [9.17, 15) is 4.79 Å². The second-order valence-corrected chi connectivity index (χ2v) is 8.18. The van der Waals surface area contributed by atoms with E-state index in [0.717, 1.165) is 19.3 Å². The Balaban J connectivity index is 1.88. The summed E-state index contributed by atoms with van der Waals surface area (Å²) in [5.41, 5.74) is -0.193. The van der Waals surface area contributed by atoms with Gasteiger partial charge in [-0.3, -0.25) is 10.1 Å². The Morgan fingerprint density at radius 3 is 2.40 bits per heavy atom. The molecule has 3 fully saturated rings. The van der Waals surface area contributed by atoms with Crippen LogP contribution in [0, 0.1) is 11.8 Å². The van der Waals surface area contributed by atoms with Crippen LogP contribution in [0.2, 0.25) is 0 Å². The third-order valence-electron chi connectivity index (χ3n) is 5.73. The predicted octanol–water partition coefficient (Wildman–Crippen LogP) is 3.29. The van der Waals surface area contributed by atoms with Crippen molar-refractivity contribution in [3.05, 3.63) is 0 Å². The molecule has 1 heterocycles. The zero-order valence-electron chi connectivity index (χ0n) is 13.5. The molecule has 0 aromatic carbocycles. The number of carbonyl (C=O) groups excluding carboxylic acids is 1. The number of nitrogens with one attached hydrogen (secondary N) is 1. The van der Waals surface area contributed by atoms with Crippen molar-refractivity contribution in [3.8, 4) is 0 Å². The van der Waals surface area contributed by atoms with Crippen LogP contribution in [0.3, 0.4) is 0 Å². The van der Waals surface area contributed by atoms with Crippen molar-refractivity contribution >= 4 is 5.91 Å². The maximum atomic E-state index is 13.2. The average molecular weight is 278 g/mol. The van der Waals surface area contributed by atoms with Crippen molar-refractivity contribution in [1.29, 1.82) is 0 Å². The Kier molecular flexibility index (Phi) is 3.39. The minimum Gasteiger partial charge on any atom is -0.320 e. The maximum absolute atomic E-state index is 13.2. The van der Waals surface area contributed by atoms with E-state index in [2.05, 4.69) is 37.9 Å². The summed E-state index contributed by atoms with van der Waals surface area (Å²) in [5.74, 6) is 1.73. The van der Waals surface area contributed by atoms with E-state index in [1.165, 1.54) is 25.7 Å². The molecule has 1 amide bonds. The molecule has 2 saturated carbocycles. The summed E-state index contributed by atoms with van der Waals surface area (Å²) >= 11 is 0. The lowest BCUT2D eigenvalue weighted by atomic mass is 9.92. The van der Waals surface area contributed by atoms with Gasteiger partial charge in [-0.25, -0.2) is 0 Å². The lowest BCUT2D eigenvalue weighted by Crippen LogP contribution is -2.53. The first kappa shape index (κ1) is 14.4. The van der Waals surface area contributed by atoms with E-state index in [4.69, 9.17) is 0 Å². The summed E-state index contributed by atoms with van der Waals surface area (Å²) in [6.45, 7) is 9.08. The van der Waals surface area contributed by atoms with Crippen molar-refractivity contribution in [2.45, 2.75) is 89.9 Å². The SMILES string of the molecule is CC(C)CC1NC2(CCCC2)C(=O)N1C(C)(C)C1CC1. The van der Waals surface area contributed by atoms with Crippen LogP contribution < -0.4 is 5.32 Å². The summed E-state index contributed by atoms with van der Waals surface area (Å²) < 4.78 is 0. The highest BCUT2D eigenvalue weighted by atomic mass is 16.2.